The molecular weight excluding hydrogens is 335 g/mol. The molecule has 0 fully saturated rings. The van der Waals surface area contributed by atoms with Crippen molar-refractivity contribution in [1.82, 2.24) is 9.55 Å². The van der Waals surface area contributed by atoms with Crippen molar-refractivity contribution in [2.45, 2.75) is 12.7 Å². The summed E-state index contributed by atoms with van der Waals surface area (Å²) >= 11 is 0. The lowest BCUT2D eigenvalue weighted by Crippen LogP contribution is -2.30. The van der Waals surface area contributed by atoms with E-state index in [2.05, 4.69) is 10.3 Å². The summed E-state index contributed by atoms with van der Waals surface area (Å²) in [5.74, 6) is -0.590. The number of pyridine rings is 2. The van der Waals surface area contributed by atoms with Gasteiger partial charge in [-0.1, -0.05) is 6.07 Å². The van der Waals surface area contributed by atoms with Gasteiger partial charge in [0.2, 0.25) is 0 Å². The van der Waals surface area contributed by atoms with Crippen LogP contribution in [-0.2, 0) is 6.54 Å². The molecule has 128 valence electrons. The lowest BCUT2D eigenvalue weighted by atomic mass is 10.1. The SMILES string of the molecule is O=C(Nc1cccn(CC(F)(F)F)c1=O)c1ccc2ncccc2c1. The number of rotatable bonds is 3. The first kappa shape index (κ1) is 16.7. The van der Waals surface area contributed by atoms with E-state index in [1.807, 2.05) is 0 Å². The summed E-state index contributed by atoms with van der Waals surface area (Å²) in [5.41, 5.74) is -0.170. The molecule has 25 heavy (non-hydrogen) atoms. The van der Waals surface area contributed by atoms with Crippen LogP contribution in [0.15, 0.2) is 59.7 Å². The van der Waals surface area contributed by atoms with Gasteiger partial charge in [0, 0.05) is 23.3 Å². The molecule has 0 aliphatic carbocycles. The number of benzene rings is 1. The van der Waals surface area contributed by atoms with Crippen LogP contribution in [0.3, 0.4) is 0 Å². The second-order valence-corrected chi connectivity index (χ2v) is 5.34. The largest absolute Gasteiger partial charge is 0.406 e. The van der Waals surface area contributed by atoms with E-state index in [0.717, 1.165) is 11.6 Å². The summed E-state index contributed by atoms with van der Waals surface area (Å²) in [6.07, 6.45) is -1.89. The molecule has 2 aromatic heterocycles. The number of nitrogens with zero attached hydrogens (tertiary/aromatic N) is 2. The number of carbonyl (C=O) groups is 1. The minimum absolute atomic E-state index is 0.219. The van der Waals surface area contributed by atoms with Crippen molar-refractivity contribution in [1.29, 1.82) is 0 Å². The summed E-state index contributed by atoms with van der Waals surface area (Å²) in [6, 6.07) is 10.8. The predicted octanol–water partition coefficient (Wildman–Crippen LogP) is 3.21. The molecule has 0 saturated carbocycles. The number of hydrogen-bond donors (Lipinski definition) is 1. The summed E-state index contributed by atoms with van der Waals surface area (Å²) in [7, 11) is 0. The number of fused-ring (bicyclic) bond motifs is 1. The van der Waals surface area contributed by atoms with Gasteiger partial charge in [-0.2, -0.15) is 13.2 Å². The summed E-state index contributed by atoms with van der Waals surface area (Å²) < 4.78 is 37.9. The first-order chi connectivity index (χ1) is 11.8. The van der Waals surface area contributed by atoms with E-state index in [-0.39, 0.29) is 11.3 Å². The number of aromatic nitrogens is 2. The van der Waals surface area contributed by atoms with E-state index < -0.39 is 24.2 Å². The molecule has 1 amide bonds. The third kappa shape index (κ3) is 3.85. The molecule has 5 nitrogen and oxygen atoms in total. The zero-order valence-electron chi connectivity index (χ0n) is 12.7. The van der Waals surface area contributed by atoms with Crippen LogP contribution in [0.2, 0.25) is 0 Å². The van der Waals surface area contributed by atoms with Gasteiger partial charge < -0.3 is 9.88 Å². The van der Waals surface area contributed by atoms with Gasteiger partial charge >= 0.3 is 6.18 Å². The smallest absolute Gasteiger partial charge is 0.317 e. The van der Waals surface area contributed by atoms with Crippen LogP contribution < -0.4 is 10.9 Å². The number of nitrogens with one attached hydrogen (secondary N) is 1. The number of halogens is 3. The van der Waals surface area contributed by atoms with Gasteiger partial charge in [0.1, 0.15) is 12.2 Å². The molecule has 0 aliphatic rings. The minimum Gasteiger partial charge on any atom is -0.317 e. The Balaban J connectivity index is 1.87. The first-order valence-corrected chi connectivity index (χ1v) is 7.26. The zero-order chi connectivity index (χ0) is 18.0. The Bertz CT molecular complexity index is 996. The number of carbonyl (C=O) groups excluding carboxylic acids is 1. The Kier molecular flexibility index (Phi) is 4.26. The molecular formula is C17H12F3N3O2. The van der Waals surface area contributed by atoms with Gasteiger partial charge in [-0.3, -0.25) is 14.6 Å². The normalized spacial score (nSPS) is 11.5. The Morgan fingerprint density at radius 2 is 1.96 bits per heavy atom. The second kappa shape index (κ2) is 6.39. The molecule has 0 radical (unpaired) electrons. The van der Waals surface area contributed by atoms with E-state index in [9.17, 15) is 22.8 Å². The maximum atomic E-state index is 12.5. The Morgan fingerprint density at radius 3 is 2.72 bits per heavy atom. The fraction of sp³-hybridized carbons (Fsp3) is 0.118. The van der Waals surface area contributed by atoms with Gasteiger partial charge in [-0.25, -0.2) is 0 Å². The van der Waals surface area contributed by atoms with E-state index in [1.165, 1.54) is 18.2 Å². The third-order valence-electron chi connectivity index (χ3n) is 3.48. The van der Waals surface area contributed by atoms with Crippen LogP contribution in [0.1, 0.15) is 10.4 Å². The highest BCUT2D eigenvalue weighted by molar-refractivity contribution is 6.06. The number of alkyl halides is 3. The van der Waals surface area contributed by atoms with Crippen molar-refractivity contribution in [2.75, 3.05) is 5.32 Å². The zero-order valence-corrected chi connectivity index (χ0v) is 12.7. The molecule has 0 bridgehead atoms. The highest BCUT2D eigenvalue weighted by Gasteiger charge is 2.28. The maximum Gasteiger partial charge on any atom is 0.406 e. The van der Waals surface area contributed by atoms with Crippen LogP contribution >= 0.6 is 0 Å². The molecule has 1 aromatic carbocycles. The van der Waals surface area contributed by atoms with Crippen LogP contribution in [0.4, 0.5) is 18.9 Å². The third-order valence-corrected chi connectivity index (χ3v) is 3.48. The van der Waals surface area contributed by atoms with E-state index in [1.54, 1.807) is 30.5 Å². The van der Waals surface area contributed by atoms with Gasteiger partial charge in [0.05, 0.1) is 5.52 Å². The van der Waals surface area contributed by atoms with Crippen molar-refractivity contribution in [3.05, 3.63) is 70.8 Å². The van der Waals surface area contributed by atoms with Gasteiger partial charge in [0.25, 0.3) is 11.5 Å². The fourth-order valence-electron chi connectivity index (χ4n) is 2.36. The van der Waals surface area contributed by atoms with Gasteiger partial charge in [-0.15, -0.1) is 0 Å². The van der Waals surface area contributed by atoms with E-state index in [4.69, 9.17) is 0 Å². The molecule has 3 aromatic rings. The standard InChI is InChI=1S/C17H12F3N3O2/c18-17(19,20)10-23-8-2-4-14(16(23)25)22-15(24)12-5-6-13-11(9-12)3-1-7-21-13/h1-9H,10H2,(H,22,24). The molecule has 0 spiro atoms. The lowest BCUT2D eigenvalue weighted by Gasteiger charge is -2.11. The van der Waals surface area contributed by atoms with Gasteiger partial charge in [0.15, 0.2) is 0 Å². The highest BCUT2D eigenvalue weighted by Crippen LogP contribution is 2.17. The van der Waals surface area contributed by atoms with Crippen molar-refractivity contribution in [2.24, 2.45) is 0 Å². The van der Waals surface area contributed by atoms with E-state index in [0.29, 0.717) is 10.1 Å². The predicted molar refractivity (Wildman–Crippen MR) is 86.5 cm³/mol. The molecule has 0 atom stereocenters. The van der Waals surface area contributed by atoms with E-state index >= 15 is 0 Å². The average Bonchev–Trinajstić information content (AvgIpc) is 2.57. The highest BCUT2D eigenvalue weighted by atomic mass is 19.4. The number of amides is 1. The molecule has 2 heterocycles. The van der Waals surface area contributed by atoms with Crippen LogP contribution in [0, 0.1) is 0 Å². The Hall–Kier alpha value is -3.16. The molecule has 0 saturated heterocycles. The summed E-state index contributed by atoms with van der Waals surface area (Å²) in [6.45, 7) is -1.42. The Morgan fingerprint density at radius 1 is 1.16 bits per heavy atom. The summed E-state index contributed by atoms with van der Waals surface area (Å²) in [5, 5.41) is 3.09. The topological polar surface area (TPSA) is 64.0 Å². The molecule has 0 aliphatic heterocycles. The van der Waals surface area contributed by atoms with Crippen LogP contribution in [0.25, 0.3) is 10.9 Å². The second-order valence-electron chi connectivity index (χ2n) is 5.34. The van der Waals surface area contributed by atoms with Crippen LogP contribution in [-0.4, -0.2) is 21.6 Å². The maximum absolute atomic E-state index is 12.5. The molecule has 3 rings (SSSR count). The van der Waals surface area contributed by atoms with Crippen molar-refractivity contribution in [3.8, 4) is 0 Å². The molecule has 1 N–H and O–H groups in total. The Labute approximate surface area is 139 Å². The number of hydrogen-bond acceptors (Lipinski definition) is 3. The summed E-state index contributed by atoms with van der Waals surface area (Å²) in [4.78, 5) is 28.5. The van der Waals surface area contributed by atoms with Crippen molar-refractivity contribution in [3.63, 3.8) is 0 Å². The first-order valence-electron chi connectivity index (χ1n) is 7.26. The minimum atomic E-state index is -4.53. The molecule has 8 heteroatoms. The monoisotopic (exact) mass is 347 g/mol. The lowest BCUT2D eigenvalue weighted by molar-refractivity contribution is -0.141. The van der Waals surface area contributed by atoms with Crippen LogP contribution in [0.5, 0.6) is 0 Å². The average molecular weight is 347 g/mol. The molecule has 0 unspecified atom stereocenters. The number of anilines is 1. The van der Waals surface area contributed by atoms with Crippen molar-refractivity contribution < 1.29 is 18.0 Å². The fourth-order valence-corrected chi connectivity index (χ4v) is 2.36. The van der Waals surface area contributed by atoms with Gasteiger partial charge in [-0.05, 0) is 36.4 Å². The quantitative estimate of drug-likeness (QED) is 0.791. The van der Waals surface area contributed by atoms with Crippen molar-refractivity contribution >= 4 is 22.5 Å².